The fourth-order valence-corrected chi connectivity index (χ4v) is 11.7. The van der Waals surface area contributed by atoms with Crippen LogP contribution in [0.2, 0.25) is 0 Å². The highest BCUT2D eigenvalue weighted by atomic mass is 32.1. The van der Waals surface area contributed by atoms with Crippen LogP contribution >= 0.6 is 11.3 Å². The number of thiophene rings is 1. The van der Waals surface area contributed by atoms with Gasteiger partial charge in [0.1, 0.15) is 11.2 Å². The molecule has 3 heterocycles. The number of furan rings is 1. The molecule has 0 saturated carbocycles. The predicted molar refractivity (Wildman–Crippen MR) is 270 cm³/mol. The van der Waals surface area contributed by atoms with E-state index < -0.39 is 0 Å². The van der Waals surface area contributed by atoms with E-state index in [9.17, 15) is 0 Å². The monoisotopic (exact) mass is 831 g/mol. The first-order valence-electron chi connectivity index (χ1n) is 22.0. The predicted octanol–water partition coefficient (Wildman–Crippen LogP) is 17.2. The molecule has 64 heavy (non-hydrogen) atoms. The summed E-state index contributed by atoms with van der Waals surface area (Å²) >= 11 is 1.87. The Morgan fingerprint density at radius 1 is 0.344 bits per heavy atom. The summed E-state index contributed by atoms with van der Waals surface area (Å²) in [4.78, 5) is 0. The molecule has 0 saturated heterocycles. The van der Waals surface area contributed by atoms with Crippen LogP contribution in [0.1, 0.15) is 22.6 Å². The summed E-state index contributed by atoms with van der Waals surface area (Å²) in [7, 11) is 0. The Labute approximate surface area is 373 Å². The second-order valence-electron chi connectivity index (χ2n) is 17.2. The minimum absolute atomic E-state index is 0.172. The quantitative estimate of drug-likeness (QED) is 0.169. The molecule has 0 radical (unpaired) electrons. The van der Waals surface area contributed by atoms with Crippen molar-refractivity contribution < 1.29 is 4.42 Å². The molecule has 1 aliphatic rings. The van der Waals surface area contributed by atoms with Crippen LogP contribution in [0.15, 0.2) is 223 Å². The number of aromatic nitrogens is 1. The van der Waals surface area contributed by atoms with Crippen molar-refractivity contribution in [1.82, 2.24) is 4.57 Å². The lowest BCUT2D eigenvalue weighted by Crippen LogP contribution is -1.99. The van der Waals surface area contributed by atoms with Crippen molar-refractivity contribution in [2.24, 2.45) is 0 Å². The molecule has 0 amide bonds. The van der Waals surface area contributed by atoms with E-state index in [1.807, 2.05) is 23.5 Å². The lowest BCUT2D eigenvalue weighted by molar-refractivity contribution is 0.669. The zero-order valence-electron chi connectivity index (χ0n) is 34.6. The van der Waals surface area contributed by atoms with Gasteiger partial charge in [-0.25, -0.2) is 0 Å². The Bertz CT molecular complexity index is 4010. The van der Waals surface area contributed by atoms with Gasteiger partial charge in [-0.05, 0) is 134 Å². The zero-order valence-corrected chi connectivity index (χ0v) is 35.4. The number of rotatable bonds is 5. The zero-order chi connectivity index (χ0) is 41.9. The van der Waals surface area contributed by atoms with E-state index in [4.69, 9.17) is 4.42 Å². The third-order valence-electron chi connectivity index (χ3n) is 13.7. The maximum atomic E-state index is 6.14. The maximum absolute atomic E-state index is 6.14. The standard InChI is InChI=1S/C61H37NOS/c1-2-13-49-45(9-1)51-33-40(42-25-31-58-53(35-42)47-11-4-7-15-57(47)63-58)23-29-50(51)61(49)39-19-17-37(18-20-39)38-21-27-44(28-22-38)62-55-14-6-3-10-46(55)52-34-41(24-30-56(52)62)43-26-32-60-54(36-43)48-12-5-8-16-59(48)64-60/h1-36,61H. The van der Waals surface area contributed by atoms with Gasteiger partial charge >= 0.3 is 0 Å². The Morgan fingerprint density at radius 3 is 1.77 bits per heavy atom. The van der Waals surface area contributed by atoms with Crippen molar-refractivity contribution in [2.75, 3.05) is 0 Å². The van der Waals surface area contributed by atoms with Crippen molar-refractivity contribution in [2.45, 2.75) is 5.92 Å². The molecule has 0 aliphatic heterocycles. The topological polar surface area (TPSA) is 18.1 Å². The number of hydrogen-bond acceptors (Lipinski definition) is 2. The van der Waals surface area contributed by atoms with Crippen LogP contribution in [-0.4, -0.2) is 4.57 Å². The third kappa shape index (κ3) is 5.38. The van der Waals surface area contributed by atoms with E-state index >= 15 is 0 Å². The number of hydrogen-bond donors (Lipinski definition) is 0. The number of nitrogens with zero attached hydrogens (tertiary/aromatic N) is 1. The van der Waals surface area contributed by atoms with Gasteiger partial charge in [0, 0.05) is 53.3 Å². The largest absolute Gasteiger partial charge is 0.456 e. The highest BCUT2D eigenvalue weighted by Gasteiger charge is 2.30. The molecule has 2 nitrogen and oxygen atoms in total. The molecule has 0 spiro atoms. The van der Waals surface area contributed by atoms with E-state index in [0.29, 0.717) is 0 Å². The van der Waals surface area contributed by atoms with Gasteiger partial charge in [0.25, 0.3) is 0 Å². The molecule has 13 aromatic rings. The normalized spacial score (nSPS) is 13.5. The average molecular weight is 832 g/mol. The molecule has 1 atom stereocenters. The van der Waals surface area contributed by atoms with Gasteiger partial charge in [-0.1, -0.05) is 146 Å². The third-order valence-corrected chi connectivity index (χ3v) is 14.9. The van der Waals surface area contributed by atoms with Gasteiger partial charge in [-0.2, -0.15) is 0 Å². The summed E-state index contributed by atoms with van der Waals surface area (Å²) in [6.07, 6.45) is 0. The van der Waals surface area contributed by atoms with E-state index in [1.165, 1.54) is 103 Å². The fraction of sp³-hybridized carbons (Fsp3) is 0.0164. The minimum Gasteiger partial charge on any atom is -0.456 e. The SMILES string of the molecule is c1ccc2c(c1)-c1cc(-c3ccc4oc5ccccc5c4c3)ccc1C2c1ccc(-c2ccc(-n3c4ccccc4c4cc(-c5ccc6sc7ccccc7c6c5)ccc43)cc2)cc1. The van der Waals surface area contributed by atoms with Gasteiger partial charge in [0.05, 0.1) is 11.0 Å². The van der Waals surface area contributed by atoms with Crippen molar-refractivity contribution >= 4 is 75.3 Å². The molecule has 10 aromatic carbocycles. The smallest absolute Gasteiger partial charge is 0.135 e. The summed E-state index contributed by atoms with van der Waals surface area (Å²) in [5.41, 5.74) is 19.4. The number of fused-ring (bicyclic) bond motifs is 12. The molecule has 1 unspecified atom stereocenters. The summed E-state index contributed by atoms with van der Waals surface area (Å²) < 4.78 is 11.2. The Kier molecular flexibility index (Phi) is 7.65. The fourth-order valence-electron chi connectivity index (χ4n) is 10.7. The Hall–Kier alpha value is -7.98. The Morgan fingerprint density at radius 2 is 0.906 bits per heavy atom. The second kappa shape index (κ2) is 13.8. The molecular weight excluding hydrogens is 795 g/mol. The van der Waals surface area contributed by atoms with Crippen LogP contribution < -0.4 is 0 Å². The lowest BCUT2D eigenvalue weighted by Gasteiger charge is -2.16. The van der Waals surface area contributed by atoms with E-state index in [2.05, 4.69) is 211 Å². The van der Waals surface area contributed by atoms with Crippen LogP contribution in [0.3, 0.4) is 0 Å². The van der Waals surface area contributed by atoms with Crippen molar-refractivity contribution in [3.05, 3.63) is 235 Å². The van der Waals surface area contributed by atoms with Gasteiger partial charge in [0.15, 0.2) is 0 Å². The van der Waals surface area contributed by atoms with Crippen LogP contribution in [0.25, 0.3) is 114 Å². The van der Waals surface area contributed by atoms with E-state index in [-0.39, 0.29) is 5.92 Å². The molecule has 0 bridgehead atoms. The van der Waals surface area contributed by atoms with E-state index in [0.717, 1.165) is 27.6 Å². The lowest BCUT2D eigenvalue weighted by atomic mass is 9.88. The molecule has 298 valence electrons. The van der Waals surface area contributed by atoms with Crippen LogP contribution in [-0.2, 0) is 0 Å². The van der Waals surface area contributed by atoms with Crippen molar-refractivity contribution in [3.63, 3.8) is 0 Å². The molecule has 0 N–H and O–H groups in total. The van der Waals surface area contributed by atoms with Gasteiger partial charge in [0.2, 0.25) is 0 Å². The average Bonchev–Trinajstić information content (AvgIpc) is 4.11. The first kappa shape index (κ1) is 35.6. The summed E-state index contributed by atoms with van der Waals surface area (Å²) in [6.45, 7) is 0. The molecule has 1 aliphatic carbocycles. The minimum atomic E-state index is 0.172. The van der Waals surface area contributed by atoms with Crippen LogP contribution in [0, 0.1) is 0 Å². The molecule has 0 fully saturated rings. The van der Waals surface area contributed by atoms with E-state index in [1.54, 1.807) is 0 Å². The molecule has 3 heteroatoms. The first-order chi connectivity index (χ1) is 31.7. The summed E-state index contributed by atoms with van der Waals surface area (Å²) in [5, 5.41) is 7.49. The van der Waals surface area contributed by atoms with Crippen molar-refractivity contribution in [1.29, 1.82) is 0 Å². The summed E-state index contributed by atoms with van der Waals surface area (Å²) in [6, 6.07) is 80.6. The molecular formula is C61H37NOS. The first-order valence-corrected chi connectivity index (χ1v) is 22.8. The maximum Gasteiger partial charge on any atom is 0.135 e. The summed E-state index contributed by atoms with van der Waals surface area (Å²) in [5.74, 6) is 0.172. The van der Waals surface area contributed by atoms with Gasteiger partial charge < -0.3 is 8.98 Å². The van der Waals surface area contributed by atoms with Crippen LogP contribution in [0.5, 0.6) is 0 Å². The van der Waals surface area contributed by atoms with Gasteiger partial charge in [-0.15, -0.1) is 11.3 Å². The van der Waals surface area contributed by atoms with Crippen LogP contribution in [0.4, 0.5) is 0 Å². The molecule has 3 aromatic heterocycles. The molecule has 14 rings (SSSR count). The number of para-hydroxylation sites is 2. The highest BCUT2D eigenvalue weighted by molar-refractivity contribution is 7.25. The number of benzene rings is 10. The van der Waals surface area contributed by atoms with Gasteiger partial charge in [-0.3, -0.25) is 0 Å². The Balaban J connectivity index is 0.780. The highest BCUT2D eigenvalue weighted by Crippen LogP contribution is 2.50. The second-order valence-corrected chi connectivity index (χ2v) is 18.3. The van der Waals surface area contributed by atoms with Crippen molar-refractivity contribution in [3.8, 4) is 50.2 Å².